The summed E-state index contributed by atoms with van der Waals surface area (Å²) >= 11 is 0. The van der Waals surface area contributed by atoms with Gasteiger partial charge in [-0.25, -0.2) is 0 Å². The second kappa shape index (κ2) is 11.2. The number of nitrogens with zero attached hydrogens (tertiary/aromatic N) is 1. The molecule has 5 nitrogen and oxygen atoms in total. The van der Waals surface area contributed by atoms with Gasteiger partial charge in [-0.2, -0.15) is 0 Å². The van der Waals surface area contributed by atoms with Crippen LogP contribution in [0.1, 0.15) is 29.2 Å². The molecule has 188 valence electrons. The van der Waals surface area contributed by atoms with E-state index >= 15 is 0 Å². The van der Waals surface area contributed by atoms with Crippen molar-refractivity contribution in [2.75, 3.05) is 25.7 Å². The number of fused-ring (bicyclic) bond motifs is 1. The number of rotatable bonds is 7. The number of anilines is 2. The number of carbonyl (C=O) groups excluding carboxylic acids is 1. The maximum atomic E-state index is 13.9. The zero-order valence-electron chi connectivity index (χ0n) is 21.3. The Bertz CT molecular complexity index is 1290. The van der Waals surface area contributed by atoms with Crippen LogP contribution in [-0.4, -0.2) is 26.7 Å². The van der Waals surface area contributed by atoms with E-state index in [4.69, 9.17) is 9.47 Å². The molecule has 1 N–H and O–H groups in total. The van der Waals surface area contributed by atoms with Gasteiger partial charge in [-0.15, -0.1) is 0 Å². The van der Waals surface area contributed by atoms with Gasteiger partial charge in [0, 0.05) is 24.0 Å². The summed E-state index contributed by atoms with van der Waals surface area (Å²) in [5, 5.41) is 3.38. The highest BCUT2D eigenvalue weighted by Gasteiger charge is 2.30. The van der Waals surface area contributed by atoms with Gasteiger partial charge >= 0.3 is 0 Å². The van der Waals surface area contributed by atoms with Crippen molar-refractivity contribution in [3.63, 3.8) is 0 Å². The maximum absolute atomic E-state index is 13.9. The molecule has 5 heteroatoms. The quantitative estimate of drug-likeness (QED) is 0.328. The van der Waals surface area contributed by atoms with Gasteiger partial charge in [0.05, 0.1) is 26.2 Å². The third-order valence-electron chi connectivity index (χ3n) is 7.03. The van der Waals surface area contributed by atoms with Crippen LogP contribution in [0.25, 0.3) is 0 Å². The van der Waals surface area contributed by atoms with E-state index in [0.717, 1.165) is 40.9 Å². The van der Waals surface area contributed by atoms with Crippen LogP contribution >= 0.6 is 0 Å². The first kappa shape index (κ1) is 24.4. The fraction of sp³-hybridized carbons (Fsp3) is 0.219. The summed E-state index contributed by atoms with van der Waals surface area (Å²) in [6.07, 6.45) is 1.49. The Kier molecular flexibility index (Phi) is 7.41. The molecule has 1 aliphatic rings. The second-order valence-electron chi connectivity index (χ2n) is 9.28. The Morgan fingerprint density at radius 1 is 0.811 bits per heavy atom. The van der Waals surface area contributed by atoms with Crippen LogP contribution in [0.15, 0.2) is 103 Å². The Labute approximate surface area is 218 Å². The average Bonchev–Trinajstić information content (AvgIpc) is 3.16. The summed E-state index contributed by atoms with van der Waals surface area (Å²) < 4.78 is 11.2. The molecule has 1 heterocycles. The maximum Gasteiger partial charge on any atom is 0.225 e. The number of ether oxygens (including phenoxy) is 2. The van der Waals surface area contributed by atoms with Crippen LogP contribution in [-0.2, 0) is 11.2 Å². The second-order valence-corrected chi connectivity index (χ2v) is 9.28. The van der Waals surface area contributed by atoms with Gasteiger partial charge in [0.15, 0.2) is 11.5 Å². The minimum atomic E-state index is -0.217. The molecule has 0 radical (unpaired) electrons. The van der Waals surface area contributed by atoms with Gasteiger partial charge in [-0.1, -0.05) is 78.9 Å². The van der Waals surface area contributed by atoms with Gasteiger partial charge in [-0.05, 0) is 47.7 Å². The van der Waals surface area contributed by atoms with E-state index in [1.165, 1.54) is 0 Å². The molecule has 1 aliphatic heterocycles. The molecule has 5 rings (SSSR count). The predicted molar refractivity (Wildman–Crippen MR) is 148 cm³/mol. The fourth-order valence-corrected chi connectivity index (χ4v) is 5.08. The molecular weight excluding hydrogens is 460 g/mol. The van der Waals surface area contributed by atoms with E-state index < -0.39 is 0 Å². The van der Waals surface area contributed by atoms with Gasteiger partial charge in [-0.3, -0.25) is 4.79 Å². The van der Waals surface area contributed by atoms with Crippen LogP contribution in [0.5, 0.6) is 11.5 Å². The third-order valence-corrected chi connectivity index (χ3v) is 7.03. The number of amides is 1. The monoisotopic (exact) mass is 492 g/mol. The number of carbonyl (C=O) groups is 1. The molecule has 0 fully saturated rings. The van der Waals surface area contributed by atoms with Crippen molar-refractivity contribution in [3.05, 3.63) is 120 Å². The molecule has 0 aliphatic carbocycles. The lowest BCUT2D eigenvalue weighted by atomic mass is 9.96. The number of para-hydroxylation sites is 1. The molecule has 0 saturated carbocycles. The number of benzene rings is 4. The van der Waals surface area contributed by atoms with Gasteiger partial charge in [0.1, 0.15) is 0 Å². The number of nitrogens with one attached hydrogen (secondary N) is 1. The summed E-state index contributed by atoms with van der Waals surface area (Å²) in [6.45, 7) is 0.564. The lowest BCUT2D eigenvalue weighted by Gasteiger charge is -2.29. The van der Waals surface area contributed by atoms with Crippen LogP contribution in [0.2, 0.25) is 0 Å². The normalized spacial score (nSPS) is 15.0. The summed E-state index contributed by atoms with van der Waals surface area (Å²) in [4.78, 5) is 16.1. The van der Waals surface area contributed by atoms with E-state index in [0.29, 0.717) is 18.0 Å². The van der Waals surface area contributed by atoms with Crippen molar-refractivity contribution in [2.24, 2.45) is 5.92 Å². The SMILES string of the molecule is COc1cc2c(cc1OC)N(c1ccccc1)CC(C(=O)NC(c1ccccc1)c1ccccc1)CC2. The molecule has 0 saturated heterocycles. The first-order valence-electron chi connectivity index (χ1n) is 12.7. The highest BCUT2D eigenvalue weighted by atomic mass is 16.5. The van der Waals surface area contributed by atoms with Crippen molar-refractivity contribution in [1.82, 2.24) is 5.32 Å². The van der Waals surface area contributed by atoms with Crippen molar-refractivity contribution < 1.29 is 14.3 Å². The molecule has 0 aromatic heterocycles. The van der Waals surface area contributed by atoms with Crippen molar-refractivity contribution >= 4 is 17.3 Å². The fourth-order valence-electron chi connectivity index (χ4n) is 5.08. The van der Waals surface area contributed by atoms with E-state index in [2.05, 4.69) is 46.6 Å². The highest BCUT2D eigenvalue weighted by molar-refractivity contribution is 5.82. The molecule has 4 aromatic carbocycles. The minimum absolute atomic E-state index is 0.0466. The van der Waals surface area contributed by atoms with Crippen LogP contribution in [0.3, 0.4) is 0 Å². The molecule has 1 amide bonds. The van der Waals surface area contributed by atoms with Crippen molar-refractivity contribution in [3.8, 4) is 11.5 Å². The Hall–Kier alpha value is -4.25. The molecule has 0 spiro atoms. The highest BCUT2D eigenvalue weighted by Crippen LogP contribution is 2.41. The summed E-state index contributed by atoms with van der Waals surface area (Å²) in [6, 6.07) is 34.4. The Morgan fingerprint density at radius 2 is 1.35 bits per heavy atom. The first-order valence-corrected chi connectivity index (χ1v) is 12.7. The molecular formula is C32H32N2O3. The van der Waals surface area contributed by atoms with Crippen LogP contribution < -0.4 is 19.7 Å². The number of methoxy groups -OCH3 is 2. The number of hydrogen-bond donors (Lipinski definition) is 1. The molecule has 37 heavy (non-hydrogen) atoms. The number of hydrogen-bond acceptors (Lipinski definition) is 4. The lowest BCUT2D eigenvalue weighted by molar-refractivity contribution is -0.125. The summed E-state index contributed by atoms with van der Waals surface area (Å²) in [5.41, 5.74) is 5.35. The average molecular weight is 493 g/mol. The minimum Gasteiger partial charge on any atom is -0.493 e. The topological polar surface area (TPSA) is 50.8 Å². The predicted octanol–water partition coefficient (Wildman–Crippen LogP) is 6.31. The molecule has 1 unspecified atom stereocenters. The summed E-state index contributed by atoms with van der Waals surface area (Å²) in [5.74, 6) is 1.22. The van der Waals surface area contributed by atoms with E-state index in [9.17, 15) is 4.79 Å². The Balaban J connectivity index is 1.48. The standard InChI is InChI=1S/C32H32N2O3/c1-36-29-20-25-18-19-26(22-34(27-16-10-5-11-17-27)28(25)21-30(29)37-2)32(35)33-31(23-12-6-3-7-13-23)24-14-8-4-9-15-24/h3-17,20-21,26,31H,18-19,22H2,1-2H3,(H,33,35). The first-order chi connectivity index (χ1) is 18.2. The lowest BCUT2D eigenvalue weighted by Crippen LogP contribution is -2.39. The zero-order valence-corrected chi connectivity index (χ0v) is 21.3. The van der Waals surface area contributed by atoms with E-state index in [1.54, 1.807) is 14.2 Å². The zero-order chi connectivity index (χ0) is 25.6. The van der Waals surface area contributed by atoms with Crippen molar-refractivity contribution in [2.45, 2.75) is 18.9 Å². The van der Waals surface area contributed by atoms with Crippen LogP contribution in [0, 0.1) is 5.92 Å². The van der Waals surface area contributed by atoms with Gasteiger partial charge in [0.25, 0.3) is 0 Å². The molecule has 0 bridgehead atoms. The van der Waals surface area contributed by atoms with Crippen LogP contribution in [0.4, 0.5) is 11.4 Å². The molecule has 4 aromatic rings. The van der Waals surface area contributed by atoms with Gasteiger partial charge in [0.2, 0.25) is 5.91 Å². The smallest absolute Gasteiger partial charge is 0.225 e. The Morgan fingerprint density at radius 3 is 1.92 bits per heavy atom. The largest absolute Gasteiger partial charge is 0.493 e. The van der Waals surface area contributed by atoms with E-state index in [1.807, 2.05) is 66.7 Å². The van der Waals surface area contributed by atoms with Gasteiger partial charge < -0.3 is 19.7 Å². The van der Waals surface area contributed by atoms with E-state index in [-0.39, 0.29) is 17.9 Å². The number of aryl methyl sites for hydroxylation is 1. The van der Waals surface area contributed by atoms with Crippen molar-refractivity contribution in [1.29, 1.82) is 0 Å². The summed E-state index contributed by atoms with van der Waals surface area (Å²) in [7, 11) is 3.30. The third kappa shape index (κ3) is 5.31. The molecule has 1 atom stereocenters.